The molecule has 0 aliphatic carbocycles. The maximum atomic E-state index is 13.9. The van der Waals surface area contributed by atoms with E-state index in [-0.39, 0.29) is 18.1 Å². The van der Waals surface area contributed by atoms with Gasteiger partial charge in [-0.3, -0.25) is 14.5 Å². The smallest absolute Gasteiger partial charge is 0.384 e. The van der Waals surface area contributed by atoms with Crippen molar-refractivity contribution in [3.05, 3.63) is 87.8 Å². The number of benzene rings is 3. The highest BCUT2D eigenvalue weighted by molar-refractivity contribution is 8.19. The van der Waals surface area contributed by atoms with E-state index in [1.54, 1.807) is 41.1 Å². The fraction of sp³-hybridized carbons (Fsp3) is 0.172. The molecule has 13 heteroatoms. The molecule has 3 aromatic carbocycles. The first-order valence-electron chi connectivity index (χ1n) is 12.7. The number of carbonyl (C=O) groups excluding carboxylic acids is 2. The number of thioether (sulfide) groups is 2. The van der Waals surface area contributed by atoms with Gasteiger partial charge >= 0.3 is 12.1 Å². The van der Waals surface area contributed by atoms with Crippen molar-refractivity contribution in [2.24, 2.45) is 4.99 Å². The molecule has 0 radical (unpaired) electrons. The summed E-state index contributed by atoms with van der Waals surface area (Å²) in [5.74, 6) is -2.34. The van der Waals surface area contributed by atoms with Gasteiger partial charge in [0.25, 0.3) is 5.91 Å². The molecule has 0 unspecified atom stereocenters. The van der Waals surface area contributed by atoms with Gasteiger partial charge in [0, 0.05) is 24.2 Å². The SMILES string of the molecule is CCNc1ccc(C#N)cc1N=C1SC(=C2Sc3ccc(NC(=O)C(F)(F)F)cc3N2C)C(=O)N1Cc1ccccc1. The summed E-state index contributed by atoms with van der Waals surface area (Å²) >= 11 is 2.49. The Morgan fingerprint density at radius 3 is 2.52 bits per heavy atom. The fourth-order valence-electron chi connectivity index (χ4n) is 4.29. The lowest BCUT2D eigenvalue weighted by atomic mass is 10.2. The second kappa shape index (κ2) is 11.8. The van der Waals surface area contributed by atoms with Crippen LogP contribution in [0.25, 0.3) is 0 Å². The predicted octanol–water partition coefficient (Wildman–Crippen LogP) is 6.67. The van der Waals surface area contributed by atoms with Gasteiger partial charge in [-0.1, -0.05) is 42.1 Å². The van der Waals surface area contributed by atoms with Crippen LogP contribution in [-0.4, -0.2) is 41.7 Å². The van der Waals surface area contributed by atoms with Crippen LogP contribution in [0.4, 0.5) is 35.9 Å². The lowest BCUT2D eigenvalue weighted by molar-refractivity contribution is -0.167. The number of hydrogen-bond donors (Lipinski definition) is 2. The number of carbonyl (C=O) groups is 2. The minimum atomic E-state index is -5.02. The minimum Gasteiger partial charge on any atom is -0.384 e. The largest absolute Gasteiger partial charge is 0.471 e. The number of amides is 2. The number of amidine groups is 1. The number of nitrogens with one attached hydrogen (secondary N) is 2. The second-order valence-electron chi connectivity index (χ2n) is 9.18. The van der Waals surface area contributed by atoms with Crippen LogP contribution in [-0.2, 0) is 16.1 Å². The van der Waals surface area contributed by atoms with Gasteiger partial charge in [-0.15, -0.1) is 0 Å². The van der Waals surface area contributed by atoms with Gasteiger partial charge in [0.15, 0.2) is 5.17 Å². The van der Waals surface area contributed by atoms with Crippen molar-refractivity contribution in [2.45, 2.75) is 24.5 Å². The van der Waals surface area contributed by atoms with Crippen molar-refractivity contribution in [3.8, 4) is 6.07 Å². The molecule has 3 aromatic rings. The number of rotatable bonds is 6. The highest BCUT2D eigenvalue weighted by Crippen LogP contribution is 2.51. The Morgan fingerprint density at radius 2 is 1.83 bits per heavy atom. The Kier molecular flexibility index (Phi) is 8.20. The van der Waals surface area contributed by atoms with Gasteiger partial charge in [-0.25, -0.2) is 4.99 Å². The summed E-state index contributed by atoms with van der Waals surface area (Å²) in [5.41, 5.74) is 3.08. The highest BCUT2D eigenvalue weighted by atomic mass is 32.2. The Hall–Kier alpha value is -4.41. The predicted molar refractivity (Wildman–Crippen MR) is 159 cm³/mol. The summed E-state index contributed by atoms with van der Waals surface area (Å²) in [6.45, 7) is 2.83. The topological polar surface area (TPSA) is 101 Å². The normalized spacial score (nSPS) is 17.4. The summed E-state index contributed by atoms with van der Waals surface area (Å²) in [7, 11) is 1.71. The number of alkyl halides is 3. The van der Waals surface area contributed by atoms with Gasteiger partial charge in [0.2, 0.25) is 0 Å². The average molecular weight is 609 g/mol. The number of aliphatic imine (C=N–C) groups is 1. The number of fused-ring (bicyclic) bond motifs is 1. The van der Waals surface area contributed by atoms with E-state index in [0.717, 1.165) is 10.5 Å². The molecule has 214 valence electrons. The molecule has 42 heavy (non-hydrogen) atoms. The number of nitrogens with zero attached hydrogens (tertiary/aromatic N) is 4. The Balaban J connectivity index is 1.53. The lowest BCUT2D eigenvalue weighted by Crippen LogP contribution is -2.30. The van der Waals surface area contributed by atoms with Crippen molar-refractivity contribution in [3.63, 3.8) is 0 Å². The summed E-state index contributed by atoms with van der Waals surface area (Å²) in [4.78, 5) is 34.6. The van der Waals surface area contributed by atoms with Crippen molar-refractivity contribution in [1.29, 1.82) is 5.26 Å². The molecular formula is C29H23F3N6O2S2. The van der Waals surface area contributed by atoms with Crippen molar-refractivity contribution in [2.75, 3.05) is 29.1 Å². The zero-order valence-electron chi connectivity index (χ0n) is 22.3. The van der Waals surface area contributed by atoms with Crippen LogP contribution in [0.2, 0.25) is 0 Å². The molecule has 8 nitrogen and oxygen atoms in total. The standard InChI is InChI=1S/C29H23F3N6O2S2/c1-3-34-20-11-9-18(15-33)13-21(20)36-28-38(16-17-7-5-4-6-8-17)25(39)24(42-28)26-37(2)22-14-19(10-12-23(22)41-26)35-27(40)29(30,31)32/h4-14,34H,3,16H2,1-2H3,(H,35,40). The molecule has 1 saturated heterocycles. The molecule has 2 aliphatic rings. The van der Waals surface area contributed by atoms with Gasteiger partial charge in [-0.05, 0) is 60.6 Å². The quantitative estimate of drug-likeness (QED) is 0.302. The average Bonchev–Trinajstić information content (AvgIpc) is 3.45. The number of nitriles is 1. The van der Waals surface area contributed by atoms with E-state index in [1.165, 1.54) is 35.7 Å². The zero-order valence-corrected chi connectivity index (χ0v) is 24.0. The second-order valence-corrected chi connectivity index (χ2v) is 11.2. The molecule has 2 N–H and O–H groups in total. The molecule has 2 heterocycles. The third-order valence-electron chi connectivity index (χ3n) is 6.30. The van der Waals surface area contributed by atoms with Crippen LogP contribution in [0.5, 0.6) is 0 Å². The van der Waals surface area contributed by atoms with Crippen molar-refractivity contribution in [1.82, 2.24) is 4.90 Å². The third-order valence-corrected chi connectivity index (χ3v) is 8.73. The molecule has 0 atom stereocenters. The van der Waals surface area contributed by atoms with E-state index in [9.17, 15) is 28.0 Å². The maximum Gasteiger partial charge on any atom is 0.471 e. The fourth-order valence-corrected chi connectivity index (χ4v) is 6.60. The van der Waals surface area contributed by atoms with Crippen LogP contribution in [0.3, 0.4) is 0 Å². The first-order chi connectivity index (χ1) is 20.1. The molecule has 0 aromatic heterocycles. The van der Waals surface area contributed by atoms with E-state index in [4.69, 9.17) is 4.99 Å². The lowest BCUT2D eigenvalue weighted by Gasteiger charge is -2.17. The summed E-state index contributed by atoms with van der Waals surface area (Å²) < 4.78 is 38.3. The molecule has 2 aliphatic heterocycles. The first-order valence-corrected chi connectivity index (χ1v) is 14.3. The van der Waals surface area contributed by atoms with Gasteiger partial charge < -0.3 is 15.5 Å². The van der Waals surface area contributed by atoms with Crippen LogP contribution < -0.4 is 15.5 Å². The van der Waals surface area contributed by atoms with Crippen molar-refractivity contribution < 1.29 is 22.8 Å². The molecule has 2 amide bonds. The minimum absolute atomic E-state index is 0.0125. The monoisotopic (exact) mass is 608 g/mol. The molecule has 0 spiro atoms. The van der Waals surface area contributed by atoms with Crippen LogP contribution in [0, 0.1) is 11.3 Å². The van der Waals surface area contributed by atoms with E-state index < -0.39 is 12.1 Å². The van der Waals surface area contributed by atoms with Crippen LogP contribution >= 0.6 is 23.5 Å². The summed E-state index contributed by atoms with van der Waals surface area (Å²) in [6.07, 6.45) is -5.02. The number of anilines is 3. The van der Waals surface area contributed by atoms with E-state index in [0.29, 0.717) is 44.3 Å². The maximum absolute atomic E-state index is 13.9. The molecule has 1 fully saturated rings. The van der Waals surface area contributed by atoms with Crippen molar-refractivity contribution >= 4 is 63.3 Å². The molecular weight excluding hydrogens is 585 g/mol. The van der Waals surface area contributed by atoms with Crippen LogP contribution in [0.15, 0.2) is 86.6 Å². The summed E-state index contributed by atoms with van der Waals surface area (Å²) in [6, 6.07) is 21.1. The molecule has 5 rings (SSSR count). The summed E-state index contributed by atoms with van der Waals surface area (Å²) in [5, 5.41) is 15.6. The third kappa shape index (κ3) is 5.95. The zero-order chi connectivity index (χ0) is 30.0. The van der Waals surface area contributed by atoms with E-state index in [2.05, 4.69) is 11.4 Å². The Bertz CT molecular complexity index is 1670. The van der Waals surface area contributed by atoms with Crippen LogP contribution in [0.1, 0.15) is 18.1 Å². The first kappa shape index (κ1) is 29.1. The Labute approximate surface area is 248 Å². The van der Waals surface area contributed by atoms with E-state index in [1.807, 2.05) is 42.6 Å². The highest BCUT2D eigenvalue weighted by Gasteiger charge is 2.41. The Morgan fingerprint density at radius 1 is 1.07 bits per heavy atom. The molecule has 0 saturated carbocycles. The molecule has 0 bridgehead atoms. The number of hydrogen-bond acceptors (Lipinski definition) is 8. The van der Waals surface area contributed by atoms with Gasteiger partial charge in [0.05, 0.1) is 40.3 Å². The van der Waals surface area contributed by atoms with Gasteiger partial charge in [0.1, 0.15) is 4.91 Å². The van der Waals surface area contributed by atoms with E-state index >= 15 is 0 Å². The van der Waals surface area contributed by atoms with Gasteiger partial charge in [-0.2, -0.15) is 18.4 Å². The number of halogens is 3.